The second kappa shape index (κ2) is 12.9. The smallest absolute Gasteiger partial charge is 0.315 e. The molecule has 210 valence electrons. The molecule has 4 aromatic rings. The first-order chi connectivity index (χ1) is 19.7. The Labute approximate surface area is 236 Å². The summed E-state index contributed by atoms with van der Waals surface area (Å²) in [5.74, 6) is -1.67. The largest absolute Gasteiger partial charge is 0.469 e. The minimum absolute atomic E-state index is 0.177. The molecule has 0 spiro atoms. The van der Waals surface area contributed by atoms with Crippen LogP contribution in [0.3, 0.4) is 0 Å². The molecule has 4 rings (SSSR count). The van der Waals surface area contributed by atoms with Crippen LogP contribution in [0.2, 0.25) is 0 Å². The van der Waals surface area contributed by atoms with Crippen LogP contribution in [0.5, 0.6) is 0 Å². The standard InChI is InChI=1S/C32H30FN3O5/c1-20-16-25(33)11-14-27(20)28(17-29(35-40)24-10-15-31(38)36(2)19-24)23-6-4-21(5-7-23)22-8-12-26(13-9-22)34-30(37)18-32(39)41-3/h4-16,19,28,40H,17-18H2,1-3H3,(H,34,37). The van der Waals surface area contributed by atoms with Gasteiger partial charge in [0.25, 0.3) is 0 Å². The maximum Gasteiger partial charge on any atom is 0.315 e. The number of anilines is 1. The van der Waals surface area contributed by atoms with Gasteiger partial charge < -0.3 is 19.8 Å². The lowest BCUT2D eigenvalue weighted by atomic mass is 9.83. The lowest BCUT2D eigenvalue weighted by Gasteiger charge is -2.21. The summed E-state index contributed by atoms with van der Waals surface area (Å²) in [7, 11) is 2.86. The van der Waals surface area contributed by atoms with Crippen LogP contribution < -0.4 is 10.9 Å². The number of methoxy groups -OCH3 is 1. The van der Waals surface area contributed by atoms with Crippen LogP contribution in [0, 0.1) is 12.7 Å². The second-order valence-electron chi connectivity index (χ2n) is 9.67. The molecular weight excluding hydrogens is 525 g/mol. The number of benzene rings is 3. The third kappa shape index (κ3) is 7.13. The van der Waals surface area contributed by atoms with E-state index in [1.165, 1.54) is 29.9 Å². The molecule has 2 N–H and O–H groups in total. The first-order valence-electron chi connectivity index (χ1n) is 12.9. The molecule has 1 aromatic heterocycles. The van der Waals surface area contributed by atoms with Crippen LogP contribution in [0.15, 0.2) is 95.0 Å². The van der Waals surface area contributed by atoms with E-state index in [1.807, 2.05) is 43.3 Å². The molecule has 1 heterocycles. The molecule has 9 heteroatoms. The van der Waals surface area contributed by atoms with Crippen molar-refractivity contribution in [1.29, 1.82) is 0 Å². The fourth-order valence-corrected chi connectivity index (χ4v) is 4.67. The third-order valence-electron chi connectivity index (χ3n) is 6.89. The number of rotatable bonds is 9. The van der Waals surface area contributed by atoms with Gasteiger partial charge in [0.1, 0.15) is 12.2 Å². The van der Waals surface area contributed by atoms with Gasteiger partial charge in [-0.1, -0.05) is 47.6 Å². The second-order valence-corrected chi connectivity index (χ2v) is 9.67. The highest BCUT2D eigenvalue weighted by Crippen LogP contribution is 2.34. The number of carbonyl (C=O) groups excluding carboxylic acids is 2. The summed E-state index contributed by atoms with van der Waals surface area (Å²) in [5.41, 5.74) is 5.81. The Balaban J connectivity index is 1.61. The fraction of sp³-hybridized carbons (Fsp3) is 0.188. The monoisotopic (exact) mass is 555 g/mol. The Morgan fingerprint density at radius 1 is 1.00 bits per heavy atom. The number of carbonyl (C=O) groups is 2. The average Bonchev–Trinajstić information content (AvgIpc) is 2.96. The predicted molar refractivity (Wildman–Crippen MR) is 155 cm³/mol. The van der Waals surface area contributed by atoms with E-state index in [4.69, 9.17) is 0 Å². The number of esters is 1. The minimum Gasteiger partial charge on any atom is -0.469 e. The van der Waals surface area contributed by atoms with E-state index < -0.39 is 11.9 Å². The van der Waals surface area contributed by atoms with Crippen molar-refractivity contribution in [3.63, 3.8) is 0 Å². The number of hydrogen-bond acceptors (Lipinski definition) is 6. The van der Waals surface area contributed by atoms with Gasteiger partial charge in [-0.15, -0.1) is 0 Å². The topological polar surface area (TPSA) is 110 Å². The van der Waals surface area contributed by atoms with Crippen LogP contribution in [-0.4, -0.2) is 34.5 Å². The van der Waals surface area contributed by atoms with Gasteiger partial charge in [-0.2, -0.15) is 0 Å². The normalized spacial score (nSPS) is 12.0. The molecule has 0 saturated carbocycles. The Morgan fingerprint density at radius 3 is 2.24 bits per heavy atom. The average molecular weight is 556 g/mol. The zero-order valence-corrected chi connectivity index (χ0v) is 22.9. The Morgan fingerprint density at radius 2 is 1.66 bits per heavy atom. The highest BCUT2D eigenvalue weighted by molar-refractivity contribution is 6.02. The SMILES string of the molecule is COC(=O)CC(=O)Nc1ccc(-c2ccc(C(CC(=NO)c3ccc(=O)n(C)c3)c3ccc(F)cc3C)cc2)cc1. The number of amides is 1. The first kappa shape index (κ1) is 28.9. The van der Waals surface area contributed by atoms with E-state index in [0.717, 1.165) is 27.8 Å². The number of oxime groups is 1. The van der Waals surface area contributed by atoms with Gasteiger partial charge in [0.05, 0.1) is 12.8 Å². The summed E-state index contributed by atoms with van der Waals surface area (Å²) in [4.78, 5) is 35.1. The molecule has 41 heavy (non-hydrogen) atoms. The van der Waals surface area contributed by atoms with E-state index in [-0.39, 0.29) is 23.7 Å². The summed E-state index contributed by atoms with van der Waals surface area (Å²) in [6, 6.07) is 22.8. The summed E-state index contributed by atoms with van der Waals surface area (Å²) in [5, 5.41) is 16.1. The summed E-state index contributed by atoms with van der Waals surface area (Å²) in [6.07, 6.45) is 1.57. The molecule has 0 radical (unpaired) electrons. The molecule has 0 fully saturated rings. The van der Waals surface area contributed by atoms with Crippen LogP contribution in [0.25, 0.3) is 11.1 Å². The fourth-order valence-electron chi connectivity index (χ4n) is 4.67. The summed E-state index contributed by atoms with van der Waals surface area (Å²) in [6.45, 7) is 1.84. The summed E-state index contributed by atoms with van der Waals surface area (Å²) < 4.78 is 19.9. The quantitative estimate of drug-likeness (QED) is 0.0945. The maximum absolute atomic E-state index is 14.0. The zero-order chi connectivity index (χ0) is 29.5. The Hall–Kier alpha value is -5.05. The van der Waals surface area contributed by atoms with Crippen molar-refractivity contribution >= 4 is 23.3 Å². The van der Waals surface area contributed by atoms with Gasteiger partial charge in [-0.05, 0) is 65.1 Å². The van der Waals surface area contributed by atoms with E-state index in [9.17, 15) is 24.0 Å². The molecule has 1 atom stereocenters. The maximum atomic E-state index is 14.0. The van der Waals surface area contributed by atoms with E-state index in [2.05, 4.69) is 15.2 Å². The molecule has 0 aliphatic carbocycles. The zero-order valence-electron chi connectivity index (χ0n) is 22.9. The van der Waals surface area contributed by atoms with Crippen molar-refractivity contribution < 1.29 is 23.9 Å². The van der Waals surface area contributed by atoms with Gasteiger partial charge in [0.15, 0.2) is 0 Å². The molecule has 0 bridgehead atoms. The van der Waals surface area contributed by atoms with E-state index in [0.29, 0.717) is 23.4 Å². The van der Waals surface area contributed by atoms with Gasteiger partial charge in [0, 0.05) is 42.9 Å². The predicted octanol–water partition coefficient (Wildman–Crippen LogP) is 5.40. The van der Waals surface area contributed by atoms with Gasteiger partial charge in [-0.3, -0.25) is 14.4 Å². The Bertz CT molecular complexity index is 1640. The van der Waals surface area contributed by atoms with Crippen molar-refractivity contribution in [3.8, 4) is 11.1 Å². The number of pyridine rings is 1. The molecule has 0 saturated heterocycles. The summed E-state index contributed by atoms with van der Waals surface area (Å²) >= 11 is 0. The number of halogens is 1. The lowest BCUT2D eigenvalue weighted by molar-refractivity contribution is -0.142. The van der Waals surface area contributed by atoms with Crippen molar-refractivity contribution in [2.75, 3.05) is 12.4 Å². The molecule has 1 unspecified atom stereocenters. The molecule has 0 aliphatic heterocycles. The number of nitrogens with zero attached hydrogens (tertiary/aromatic N) is 2. The molecular formula is C32H30FN3O5. The van der Waals surface area contributed by atoms with Crippen LogP contribution in [0.1, 0.15) is 41.0 Å². The molecule has 3 aromatic carbocycles. The van der Waals surface area contributed by atoms with Crippen LogP contribution in [0.4, 0.5) is 10.1 Å². The van der Waals surface area contributed by atoms with Crippen molar-refractivity contribution in [2.45, 2.75) is 25.7 Å². The Kier molecular flexibility index (Phi) is 9.08. The number of aromatic nitrogens is 1. The molecule has 8 nitrogen and oxygen atoms in total. The van der Waals surface area contributed by atoms with E-state index in [1.54, 1.807) is 37.5 Å². The van der Waals surface area contributed by atoms with Crippen molar-refractivity contribution in [1.82, 2.24) is 4.57 Å². The number of aryl methyl sites for hydroxylation is 2. The molecule has 1 amide bonds. The number of hydrogen-bond donors (Lipinski definition) is 2. The first-order valence-corrected chi connectivity index (χ1v) is 12.9. The number of nitrogens with one attached hydrogen (secondary N) is 1. The molecule has 0 aliphatic rings. The lowest BCUT2D eigenvalue weighted by Crippen LogP contribution is -2.18. The highest BCUT2D eigenvalue weighted by Gasteiger charge is 2.21. The number of ether oxygens (including phenoxy) is 1. The minimum atomic E-state index is -0.611. The third-order valence-corrected chi connectivity index (χ3v) is 6.89. The van der Waals surface area contributed by atoms with Crippen molar-refractivity contribution in [3.05, 3.63) is 123 Å². The van der Waals surface area contributed by atoms with Gasteiger partial charge in [-0.25, -0.2) is 4.39 Å². The van der Waals surface area contributed by atoms with Gasteiger partial charge >= 0.3 is 5.97 Å². The van der Waals surface area contributed by atoms with Crippen molar-refractivity contribution in [2.24, 2.45) is 12.2 Å². The van der Waals surface area contributed by atoms with E-state index >= 15 is 0 Å². The highest BCUT2D eigenvalue weighted by atomic mass is 19.1. The van der Waals surface area contributed by atoms with Gasteiger partial charge in [0.2, 0.25) is 11.5 Å². The van der Waals surface area contributed by atoms with Crippen LogP contribution >= 0.6 is 0 Å². The van der Waals surface area contributed by atoms with Crippen LogP contribution in [-0.2, 0) is 21.4 Å².